The summed E-state index contributed by atoms with van der Waals surface area (Å²) in [6.45, 7) is 0.481. The second-order valence-electron chi connectivity index (χ2n) is 2.62. The SMILES string of the molecule is N#CCc1ccc2c(c1)COO2. The second kappa shape index (κ2) is 2.84. The molecule has 12 heavy (non-hydrogen) atoms. The summed E-state index contributed by atoms with van der Waals surface area (Å²) in [4.78, 5) is 9.61. The molecule has 0 radical (unpaired) electrons. The van der Waals surface area contributed by atoms with Gasteiger partial charge in [0, 0.05) is 5.56 Å². The number of benzene rings is 1. The highest BCUT2D eigenvalue weighted by atomic mass is 17.2. The van der Waals surface area contributed by atoms with Crippen LogP contribution in [0, 0.1) is 11.3 Å². The lowest BCUT2D eigenvalue weighted by Crippen LogP contribution is -1.83. The summed E-state index contributed by atoms with van der Waals surface area (Å²) in [5.41, 5.74) is 2.02. The number of rotatable bonds is 1. The van der Waals surface area contributed by atoms with E-state index in [1.165, 1.54) is 0 Å². The Morgan fingerprint density at radius 2 is 2.42 bits per heavy atom. The van der Waals surface area contributed by atoms with Crippen molar-refractivity contribution >= 4 is 0 Å². The Morgan fingerprint density at radius 1 is 1.50 bits per heavy atom. The molecule has 1 aromatic carbocycles. The topological polar surface area (TPSA) is 42.2 Å². The molecule has 2 rings (SSSR count). The summed E-state index contributed by atoms with van der Waals surface area (Å²) in [7, 11) is 0. The molecule has 0 aliphatic carbocycles. The van der Waals surface area contributed by atoms with Crippen molar-refractivity contribution in [3.63, 3.8) is 0 Å². The Balaban J connectivity index is 2.34. The lowest BCUT2D eigenvalue weighted by Gasteiger charge is -1.96. The van der Waals surface area contributed by atoms with Crippen LogP contribution >= 0.6 is 0 Å². The molecular weight excluding hydrogens is 154 g/mol. The maximum absolute atomic E-state index is 8.46. The Morgan fingerprint density at radius 3 is 3.25 bits per heavy atom. The quantitative estimate of drug-likeness (QED) is 0.587. The molecular formula is C9H7NO2. The molecule has 1 aliphatic rings. The molecule has 3 heteroatoms. The van der Waals surface area contributed by atoms with E-state index < -0.39 is 0 Å². The first kappa shape index (κ1) is 7.14. The molecule has 1 heterocycles. The molecule has 0 atom stereocenters. The van der Waals surface area contributed by atoms with Crippen molar-refractivity contribution in [3.8, 4) is 11.8 Å². The number of fused-ring (bicyclic) bond motifs is 1. The molecule has 0 saturated heterocycles. The molecule has 3 nitrogen and oxygen atoms in total. The fourth-order valence-electron chi connectivity index (χ4n) is 1.18. The largest absolute Gasteiger partial charge is 0.337 e. The van der Waals surface area contributed by atoms with Crippen LogP contribution in [0.5, 0.6) is 5.75 Å². The van der Waals surface area contributed by atoms with Crippen LogP contribution in [-0.2, 0) is 17.9 Å². The van der Waals surface area contributed by atoms with Gasteiger partial charge >= 0.3 is 0 Å². The van der Waals surface area contributed by atoms with Gasteiger partial charge in [0.05, 0.1) is 12.5 Å². The molecule has 1 aromatic rings. The van der Waals surface area contributed by atoms with Crippen molar-refractivity contribution in [2.45, 2.75) is 13.0 Å². The highest BCUT2D eigenvalue weighted by Crippen LogP contribution is 2.26. The van der Waals surface area contributed by atoms with Crippen molar-refractivity contribution < 1.29 is 9.78 Å². The van der Waals surface area contributed by atoms with Gasteiger partial charge in [-0.1, -0.05) is 6.07 Å². The maximum Gasteiger partial charge on any atom is 0.171 e. The number of nitrogens with zero attached hydrogens (tertiary/aromatic N) is 1. The Hall–Kier alpha value is -1.53. The summed E-state index contributed by atoms with van der Waals surface area (Å²) in [6.07, 6.45) is 0.438. The molecule has 0 N–H and O–H groups in total. The Kier molecular flexibility index (Phi) is 1.69. The van der Waals surface area contributed by atoms with Gasteiger partial charge in [0.1, 0.15) is 6.61 Å². The minimum Gasteiger partial charge on any atom is -0.337 e. The molecule has 0 fully saturated rings. The van der Waals surface area contributed by atoms with Crippen LogP contribution in [0.2, 0.25) is 0 Å². The fraction of sp³-hybridized carbons (Fsp3) is 0.222. The molecule has 0 bridgehead atoms. The average Bonchev–Trinajstić information content (AvgIpc) is 2.51. The molecule has 0 aromatic heterocycles. The predicted octanol–water partition coefficient (Wildman–Crippen LogP) is 1.58. The van der Waals surface area contributed by atoms with E-state index in [4.69, 9.17) is 15.0 Å². The van der Waals surface area contributed by atoms with Gasteiger partial charge in [-0.25, -0.2) is 0 Å². The van der Waals surface area contributed by atoms with Gasteiger partial charge in [-0.15, -0.1) is 0 Å². The third-order valence-electron chi connectivity index (χ3n) is 1.77. The van der Waals surface area contributed by atoms with Crippen LogP contribution in [0.25, 0.3) is 0 Å². The zero-order valence-electron chi connectivity index (χ0n) is 6.41. The van der Waals surface area contributed by atoms with Gasteiger partial charge in [0.2, 0.25) is 0 Å². The number of hydrogen-bond donors (Lipinski definition) is 0. The average molecular weight is 161 g/mol. The normalized spacial score (nSPS) is 13.2. The van der Waals surface area contributed by atoms with E-state index >= 15 is 0 Å². The van der Waals surface area contributed by atoms with Gasteiger partial charge in [-0.2, -0.15) is 10.1 Å². The standard InChI is InChI=1S/C9H7NO2/c10-4-3-7-1-2-9-8(5-7)6-11-12-9/h1-2,5H,3,6H2. The van der Waals surface area contributed by atoms with E-state index in [9.17, 15) is 0 Å². The van der Waals surface area contributed by atoms with Crippen molar-refractivity contribution in [2.24, 2.45) is 0 Å². The highest BCUT2D eigenvalue weighted by molar-refractivity contribution is 5.38. The third-order valence-corrected chi connectivity index (χ3v) is 1.77. The molecule has 0 spiro atoms. The van der Waals surface area contributed by atoms with Crippen LogP contribution < -0.4 is 4.89 Å². The van der Waals surface area contributed by atoms with Crippen LogP contribution in [0.3, 0.4) is 0 Å². The minimum atomic E-state index is 0.438. The maximum atomic E-state index is 8.46. The number of nitriles is 1. The van der Waals surface area contributed by atoms with E-state index in [0.29, 0.717) is 13.0 Å². The zero-order valence-corrected chi connectivity index (χ0v) is 6.41. The summed E-state index contributed by atoms with van der Waals surface area (Å²) >= 11 is 0. The smallest absolute Gasteiger partial charge is 0.171 e. The summed E-state index contributed by atoms with van der Waals surface area (Å²) in [5, 5.41) is 8.46. The summed E-state index contributed by atoms with van der Waals surface area (Å²) in [5.74, 6) is 0.761. The van der Waals surface area contributed by atoms with Gasteiger partial charge in [0.15, 0.2) is 5.75 Å². The first-order chi connectivity index (χ1) is 5.90. The van der Waals surface area contributed by atoms with Crippen LogP contribution in [-0.4, -0.2) is 0 Å². The van der Waals surface area contributed by atoms with E-state index in [-0.39, 0.29) is 0 Å². The predicted molar refractivity (Wildman–Crippen MR) is 41.2 cm³/mol. The van der Waals surface area contributed by atoms with Crippen molar-refractivity contribution in [3.05, 3.63) is 29.3 Å². The molecule has 60 valence electrons. The van der Waals surface area contributed by atoms with Crippen molar-refractivity contribution in [2.75, 3.05) is 0 Å². The van der Waals surface area contributed by atoms with E-state index in [1.807, 2.05) is 18.2 Å². The van der Waals surface area contributed by atoms with E-state index in [1.54, 1.807) is 0 Å². The minimum absolute atomic E-state index is 0.438. The summed E-state index contributed by atoms with van der Waals surface area (Å²) < 4.78 is 0. The molecule has 0 amide bonds. The molecule has 1 aliphatic heterocycles. The third kappa shape index (κ3) is 1.13. The molecule has 0 saturated carbocycles. The number of hydrogen-bond acceptors (Lipinski definition) is 3. The van der Waals surface area contributed by atoms with Gasteiger partial charge < -0.3 is 4.89 Å². The molecule has 0 unspecified atom stereocenters. The second-order valence-corrected chi connectivity index (χ2v) is 2.62. The van der Waals surface area contributed by atoms with E-state index in [0.717, 1.165) is 16.9 Å². The van der Waals surface area contributed by atoms with Gasteiger partial charge in [0.25, 0.3) is 0 Å². The lowest BCUT2D eigenvalue weighted by molar-refractivity contribution is -0.194. The van der Waals surface area contributed by atoms with Crippen molar-refractivity contribution in [1.29, 1.82) is 5.26 Å². The van der Waals surface area contributed by atoms with Crippen LogP contribution in [0.15, 0.2) is 18.2 Å². The monoisotopic (exact) mass is 161 g/mol. The van der Waals surface area contributed by atoms with Crippen LogP contribution in [0.1, 0.15) is 11.1 Å². The zero-order chi connectivity index (χ0) is 8.39. The van der Waals surface area contributed by atoms with Crippen LogP contribution in [0.4, 0.5) is 0 Å². The lowest BCUT2D eigenvalue weighted by atomic mass is 10.1. The Bertz CT molecular complexity index is 341. The summed E-state index contributed by atoms with van der Waals surface area (Å²) in [6, 6.07) is 7.73. The Labute approximate surface area is 70.1 Å². The van der Waals surface area contributed by atoms with Gasteiger partial charge in [-0.3, -0.25) is 0 Å². The van der Waals surface area contributed by atoms with Crippen molar-refractivity contribution in [1.82, 2.24) is 0 Å². The highest BCUT2D eigenvalue weighted by Gasteiger charge is 2.13. The first-order valence-electron chi connectivity index (χ1n) is 3.68. The van der Waals surface area contributed by atoms with E-state index in [2.05, 4.69) is 6.07 Å². The fourth-order valence-corrected chi connectivity index (χ4v) is 1.18. The first-order valence-corrected chi connectivity index (χ1v) is 3.68. The van der Waals surface area contributed by atoms with Gasteiger partial charge in [-0.05, 0) is 17.7 Å².